The second-order valence-electron chi connectivity index (χ2n) is 8.27. The molecular weight excluding hydrogens is 519 g/mol. The van der Waals surface area contributed by atoms with Gasteiger partial charge >= 0.3 is 5.91 Å². The first-order valence-electron chi connectivity index (χ1n) is 11.1. The number of aryl methyl sites for hydroxylation is 1. The Hall–Kier alpha value is -3.39. The lowest BCUT2D eigenvalue weighted by molar-refractivity contribution is -0.132. The number of fused-ring (bicyclic) bond motifs is 1. The highest BCUT2D eigenvalue weighted by molar-refractivity contribution is 7.22. The molecule has 0 radical (unpaired) electrons. The number of ether oxygens (including phenoxy) is 1. The Bertz CT molecular complexity index is 1550. The molecule has 36 heavy (non-hydrogen) atoms. The van der Waals surface area contributed by atoms with Gasteiger partial charge < -0.3 is 9.84 Å². The van der Waals surface area contributed by atoms with E-state index in [1.165, 1.54) is 16.2 Å². The van der Waals surface area contributed by atoms with E-state index in [1.807, 2.05) is 32.0 Å². The van der Waals surface area contributed by atoms with Crippen LogP contribution in [0.4, 0.5) is 5.13 Å². The average molecular weight is 539 g/mol. The van der Waals surface area contributed by atoms with Crippen LogP contribution in [0.1, 0.15) is 29.7 Å². The molecule has 1 unspecified atom stereocenters. The Morgan fingerprint density at radius 1 is 1.06 bits per heavy atom. The zero-order chi connectivity index (χ0) is 25.6. The fourth-order valence-electron chi connectivity index (χ4n) is 4.15. The standard InChI is InChI=1S/C27H20Cl2N2O4S/c1-3-35-17-9-11-20-21(13-17)36-27(30-20)31-23(16-8-10-18(28)19(29)12-16)22(25(33)26(31)34)24(32)15-6-4-14(2)5-7-15/h4-13,23,32H,3H2,1-2H3/b24-22+. The molecule has 0 spiro atoms. The number of amides is 1. The monoisotopic (exact) mass is 538 g/mol. The minimum absolute atomic E-state index is 0.0449. The van der Waals surface area contributed by atoms with Crippen molar-refractivity contribution in [3.63, 3.8) is 0 Å². The number of nitrogens with zero attached hydrogens (tertiary/aromatic N) is 2. The number of aliphatic hydroxyl groups excluding tert-OH is 1. The van der Waals surface area contributed by atoms with Gasteiger partial charge in [-0.25, -0.2) is 4.98 Å². The summed E-state index contributed by atoms with van der Waals surface area (Å²) in [5.41, 5.74) is 2.55. The number of rotatable bonds is 5. The maximum Gasteiger partial charge on any atom is 0.301 e. The number of Topliss-reactive ketones (excluding diaryl/α,β-unsaturated/α-hetero) is 1. The van der Waals surface area contributed by atoms with Crippen LogP contribution in [0.3, 0.4) is 0 Å². The van der Waals surface area contributed by atoms with Crippen LogP contribution >= 0.6 is 34.5 Å². The molecule has 3 aromatic carbocycles. The molecule has 1 saturated heterocycles. The van der Waals surface area contributed by atoms with Crippen LogP contribution in [0.5, 0.6) is 5.75 Å². The van der Waals surface area contributed by atoms with Crippen LogP contribution in [-0.2, 0) is 9.59 Å². The quantitative estimate of drug-likeness (QED) is 0.169. The Morgan fingerprint density at radius 2 is 1.81 bits per heavy atom. The smallest absolute Gasteiger partial charge is 0.301 e. The van der Waals surface area contributed by atoms with Crippen molar-refractivity contribution in [1.82, 2.24) is 4.98 Å². The number of carbonyl (C=O) groups excluding carboxylic acids is 2. The van der Waals surface area contributed by atoms with Crippen molar-refractivity contribution in [3.8, 4) is 5.75 Å². The minimum atomic E-state index is -0.951. The molecule has 6 nitrogen and oxygen atoms in total. The molecule has 0 aliphatic carbocycles. The number of thiazole rings is 1. The van der Waals surface area contributed by atoms with E-state index in [1.54, 1.807) is 42.5 Å². The lowest BCUT2D eigenvalue weighted by Crippen LogP contribution is -2.29. The fourth-order valence-corrected chi connectivity index (χ4v) is 5.47. The number of aliphatic hydroxyl groups is 1. The summed E-state index contributed by atoms with van der Waals surface area (Å²) in [6, 6.07) is 16.4. The molecule has 5 rings (SSSR count). The number of halogens is 2. The molecule has 1 aromatic heterocycles. The molecule has 1 fully saturated rings. The first-order chi connectivity index (χ1) is 17.3. The number of anilines is 1. The zero-order valence-electron chi connectivity index (χ0n) is 19.3. The van der Waals surface area contributed by atoms with Gasteiger partial charge in [0.2, 0.25) is 0 Å². The van der Waals surface area contributed by atoms with Crippen molar-refractivity contribution >= 4 is 67.3 Å². The molecule has 1 N–H and O–H groups in total. The topological polar surface area (TPSA) is 79.7 Å². The van der Waals surface area contributed by atoms with Gasteiger partial charge in [0.05, 0.1) is 38.5 Å². The van der Waals surface area contributed by atoms with Crippen LogP contribution in [0.15, 0.2) is 66.2 Å². The van der Waals surface area contributed by atoms with E-state index in [0.717, 1.165) is 10.3 Å². The summed E-state index contributed by atoms with van der Waals surface area (Å²) in [6.07, 6.45) is 0. The molecule has 4 aromatic rings. The Labute approximate surface area is 221 Å². The molecule has 2 heterocycles. The SMILES string of the molecule is CCOc1ccc2nc(N3C(=O)C(=O)/C(=C(/O)c4ccc(C)cc4)C3c3ccc(Cl)c(Cl)c3)sc2c1. The molecule has 1 aliphatic rings. The van der Waals surface area contributed by atoms with Crippen molar-refractivity contribution in [2.24, 2.45) is 0 Å². The maximum atomic E-state index is 13.4. The van der Waals surface area contributed by atoms with Crippen LogP contribution in [0.2, 0.25) is 10.0 Å². The van der Waals surface area contributed by atoms with Crippen LogP contribution in [0.25, 0.3) is 16.0 Å². The van der Waals surface area contributed by atoms with Crippen molar-refractivity contribution in [1.29, 1.82) is 0 Å². The van der Waals surface area contributed by atoms with Gasteiger partial charge in [0.1, 0.15) is 11.5 Å². The highest BCUT2D eigenvalue weighted by Gasteiger charge is 2.48. The van der Waals surface area contributed by atoms with E-state index in [0.29, 0.717) is 39.2 Å². The number of carbonyl (C=O) groups is 2. The van der Waals surface area contributed by atoms with Crippen LogP contribution in [-0.4, -0.2) is 28.4 Å². The molecular formula is C27H20Cl2N2O4S. The van der Waals surface area contributed by atoms with Gasteiger partial charge in [-0.15, -0.1) is 0 Å². The Kier molecular flexibility index (Phi) is 6.47. The summed E-state index contributed by atoms with van der Waals surface area (Å²) in [5.74, 6) is -1.18. The molecule has 1 atom stereocenters. The Balaban J connectivity index is 1.71. The van der Waals surface area contributed by atoms with Gasteiger partial charge in [0, 0.05) is 5.56 Å². The highest BCUT2D eigenvalue weighted by atomic mass is 35.5. The number of hydrogen-bond acceptors (Lipinski definition) is 6. The van der Waals surface area contributed by atoms with Gasteiger partial charge in [-0.05, 0) is 49.7 Å². The van der Waals surface area contributed by atoms with E-state index >= 15 is 0 Å². The molecule has 1 amide bonds. The van der Waals surface area contributed by atoms with Crippen molar-refractivity contribution in [2.75, 3.05) is 11.5 Å². The number of benzene rings is 3. The van der Waals surface area contributed by atoms with E-state index in [9.17, 15) is 14.7 Å². The predicted octanol–water partition coefficient (Wildman–Crippen LogP) is 6.94. The second kappa shape index (κ2) is 9.58. The number of hydrogen-bond donors (Lipinski definition) is 1. The molecule has 1 aliphatic heterocycles. The fraction of sp³-hybridized carbons (Fsp3) is 0.148. The average Bonchev–Trinajstić information content (AvgIpc) is 3.39. The first kappa shape index (κ1) is 24.3. The van der Waals surface area contributed by atoms with Gasteiger partial charge in [0.25, 0.3) is 5.78 Å². The number of aromatic nitrogens is 1. The lowest BCUT2D eigenvalue weighted by atomic mass is 9.95. The Morgan fingerprint density at radius 3 is 2.50 bits per heavy atom. The zero-order valence-corrected chi connectivity index (χ0v) is 21.6. The maximum absolute atomic E-state index is 13.4. The molecule has 9 heteroatoms. The first-order valence-corrected chi connectivity index (χ1v) is 12.7. The third-order valence-corrected chi connectivity index (χ3v) is 7.65. The van der Waals surface area contributed by atoms with Crippen molar-refractivity contribution in [2.45, 2.75) is 19.9 Å². The largest absolute Gasteiger partial charge is 0.507 e. The number of ketones is 1. The van der Waals surface area contributed by atoms with Gasteiger partial charge in [0.15, 0.2) is 5.13 Å². The lowest BCUT2D eigenvalue weighted by Gasteiger charge is -2.23. The van der Waals surface area contributed by atoms with E-state index in [4.69, 9.17) is 27.9 Å². The van der Waals surface area contributed by atoms with Crippen LogP contribution in [0, 0.1) is 6.92 Å². The summed E-state index contributed by atoms with van der Waals surface area (Å²) in [6.45, 7) is 4.33. The van der Waals surface area contributed by atoms with Crippen molar-refractivity contribution < 1.29 is 19.4 Å². The van der Waals surface area contributed by atoms with Gasteiger partial charge in [-0.1, -0.05) is 70.4 Å². The molecule has 182 valence electrons. The highest BCUT2D eigenvalue weighted by Crippen LogP contribution is 2.45. The third-order valence-electron chi connectivity index (χ3n) is 5.89. The second-order valence-corrected chi connectivity index (χ2v) is 10.1. The summed E-state index contributed by atoms with van der Waals surface area (Å²) < 4.78 is 6.38. The van der Waals surface area contributed by atoms with E-state index < -0.39 is 17.7 Å². The van der Waals surface area contributed by atoms with Gasteiger partial charge in [-0.3, -0.25) is 14.5 Å². The molecule has 0 bridgehead atoms. The van der Waals surface area contributed by atoms with E-state index in [-0.39, 0.29) is 16.4 Å². The summed E-state index contributed by atoms with van der Waals surface area (Å²) in [5, 5.41) is 12.2. The van der Waals surface area contributed by atoms with Crippen LogP contribution < -0.4 is 9.64 Å². The summed E-state index contributed by atoms with van der Waals surface area (Å²) >= 11 is 13.7. The predicted molar refractivity (Wildman–Crippen MR) is 143 cm³/mol. The molecule has 0 saturated carbocycles. The normalized spacial score (nSPS) is 17.2. The third kappa shape index (κ3) is 4.23. The summed E-state index contributed by atoms with van der Waals surface area (Å²) in [7, 11) is 0. The minimum Gasteiger partial charge on any atom is -0.507 e. The van der Waals surface area contributed by atoms with Gasteiger partial charge in [-0.2, -0.15) is 0 Å². The van der Waals surface area contributed by atoms with Crippen molar-refractivity contribution in [3.05, 3.63) is 93.0 Å². The van der Waals surface area contributed by atoms with E-state index in [2.05, 4.69) is 4.98 Å². The summed E-state index contributed by atoms with van der Waals surface area (Å²) in [4.78, 5) is 32.7.